The minimum absolute atomic E-state index is 0.204. The zero-order valence-corrected chi connectivity index (χ0v) is 13.4. The van der Waals surface area contributed by atoms with E-state index in [1.54, 1.807) is 17.8 Å². The van der Waals surface area contributed by atoms with Gasteiger partial charge in [0.15, 0.2) is 4.34 Å². The van der Waals surface area contributed by atoms with Crippen LogP contribution in [0.5, 0.6) is 0 Å². The Labute approximate surface area is 127 Å². The van der Waals surface area contributed by atoms with Crippen molar-refractivity contribution >= 4 is 23.3 Å². The highest BCUT2D eigenvalue weighted by Gasteiger charge is 2.09. The van der Waals surface area contributed by atoms with Gasteiger partial charge >= 0.3 is 0 Å². The Morgan fingerprint density at radius 2 is 2.20 bits per heavy atom. The number of hydrogen-bond donors (Lipinski definition) is 1. The van der Waals surface area contributed by atoms with Gasteiger partial charge in [0, 0.05) is 11.4 Å². The maximum Gasteiger partial charge on any atom is 0.174 e. The number of halogens is 1. The fraction of sp³-hybridized carbons (Fsp3) is 0.429. The van der Waals surface area contributed by atoms with E-state index in [4.69, 9.17) is 0 Å². The van der Waals surface area contributed by atoms with Gasteiger partial charge in [-0.2, -0.15) is 4.37 Å². The van der Waals surface area contributed by atoms with Crippen molar-refractivity contribution in [1.82, 2.24) is 14.7 Å². The molecule has 0 aliphatic carbocycles. The summed E-state index contributed by atoms with van der Waals surface area (Å²) < 4.78 is 18.5. The molecule has 0 unspecified atom stereocenters. The Bertz CT molecular complexity index is 569. The molecule has 0 aliphatic heterocycles. The Morgan fingerprint density at radius 1 is 1.40 bits per heavy atom. The Morgan fingerprint density at radius 3 is 2.85 bits per heavy atom. The van der Waals surface area contributed by atoms with E-state index in [9.17, 15) is 4.39 Å². The Hall–Kier alpha value is -0.980. The van der Waals surface area contributed by atoms with Crippen LogP contribution in [0.1, 0.15) is 25.2 Å². The molecular formula is C14H18FN3S2. The van der Waals surface area contributed by atoms with Crippen molar-refractivity contribution < 1.29 is 4.39 Å². The molecule has 1 heterocycles. The summed E-state index contributed by atoms with van der Waals surface area (Å²) in [6.07, 6.45) is 0. The molecule has 108 valence electrons. The van der Waals surface area contributed by atoms with Gasteiger partial charge in [-0.15, -0.1) is 0 Å². The predicted octanol–water partition coefficient (Wildman–Crippen LogP) is 3.88. The summed E-state index contributed by atoms with van der Waals surface area (Å²) >= 11 is 2.91. The molecule has 0 saturated carbocycles. The van der Waals surface area contributed by atoms with Crippen LogP contribution in [-0.4, -0.2) is 15.9 Å². The fourth-order valence-electron chi connectivity index (χ4n) is 1.69. The molecule has 1 aromatic heterocycles. The van der Waals surface area contributed by atoms with Gasteiger partial charge in [-0.3, -0.25) is 0 Å². The molecule has 2 aromatic rings. The monoisotopic (exact) mass is 311 g/mol. The summed E-state index contributed by atoms with van der Waals surface area (Å²) in [7, 11) is 0. The van der Waals surface area contributed by atoms with E-state index >= 15 is 0 Å². The SMILES string of the molecule is Cc1nsc(Sc2ccc(F)cc2CNCC(C)C)n1. The van der Waals surface area contributed by atoms with Gasteiger partial charge in [-0.1, -0.05) is 25.6 Å². The molecule has 0 aliphatic rings. The lowest BCUT2D eigenvalue weighted by atomic mass is 10.2. The highest BCUT2D eigenvalue weighted by Crippen LogP contribution is 2.32. The largest absolute Gasteiger partial charge is 0.312 e. The van der Waals surface area contributed by atoms with Crippen molar-refractivity contribution in [2.75, 3.05) is 6.54 Å². The van der Waals surface area contributed by atoms with Crippen molar-refractivity contribution in [3.8, 4) is 0 Å². The van der Waals surface area contributed by atoms with E-state index in [-0.39, 0.29) is 5.82 Å². The number of hydrogen-bond acceptors (Lipinski definition) is 5. The lowest BCUT2D eigenvalue weighted by molar-refractivity contribution is 0.547. The van der Waals surface area contributed by atoms with E-state index < -0.39 is 0 Å². The number of rotatable bonds is 6. The first-order chi connectivity index (χ1) is 9.54. The lowest BCUT2D eigenvalue weighted by Gasteiger charge is -2.11. The quantitative estimate of drug-likeness (QED) is 0.878. The molecule has 1 aromatic carbocycles. The van der Waals surface area contributed by atoms with Gasteiger partial charge in [0.2, 0.25) is 0 Å². The average molecular weight is 311 g/mol. The molecule has 3 nitrogen and oxygen atoms in total. The summed E-state index contributed by atoms with van der Waals surface area (Å²) in [4.78, 5) is 5.36. The molecule has 0 radical (unpaired) electrons. The van der Waals surface area contributed by atoms with E-state index in [1.165, 1.54) is 17.6 Å². The number of aromatic nitrogens is 2. The minimum atomic E-state index is -0.204. The molecule has 2 rings (SSSR count). The number of aryl methyl sites for hydroxylation is 1. The van der Waals surface area contributed by atoms with Crippen molar-refractivity contribution in [2.45, 2.75) is 36.6 Å². The summed E-state index contributed by atoms with van der Waals surface area (Å²) in [5.41, 5.74) is 0.962. The summed E-state index contributed by atoms with van der Waals surface area (Å²) in [5.74, 6) is 1.15. The summed E-state index contributed by atoms with van der Waals surface area (Å²) in [6, 6.07) is 4.88. The second kappa shape index (κ2) is 7.15. The van der Waals surface area contributed by atoms with Crippen LogP contribution in [0.3, 0.4) is 0 Å². The minimum Gasteiger partial charge on any atom is -0.312 e. The average Bonchev–Trinajstić information content (AvgIpc) is 2.78. The van der Waals surface area contributed by atoms with E-state index in [2.05, 4.69) is 28.5 Å². The van der Waals surface area contributed by atoms with E-state index in [0.717, 1.165) is 27.2 Å². The van der Waals surface area contributed by atoms with Crippen LogP contribution in [0.2, 0.25) is 0 Å². The molecule has 0 fully saturated rings. The second-order valence-electron chi connectivity index (χ2n) is 4.99. The molecule has 20 heavy (non-hydrogen) atoms. The number of nitrogens with one attached hydrogen (secondary N) is 1. The topological polar surface area (TPSA) is 37.8 Å². The predicted molar refractivity (Wildman–Crippen MR) is 81.7 cm³/mol. The van der Waals surface area contributed by atoms with Gasteiger partial charge in [0.25, 0.3) is 0 Å². The normalized spacial score (nSPS) is 11.2. The first-order valence-electron chi connectivity index (χ1n) is 6.52. The first-order valence-corrected chi connectivity index (χ1v) is 8.11. The van der Waals surface area contributed by atoms with Crippen molar-refractivity contribution in [3.05, 3.63) is 35.4 Å². The van der Waals surface area contributed by atoms with Crippen LogP contribution in [0.15, 0.2) is 27.4 Å². The highest BCUT2D eigenvalue weighted by atomic mass is 32.2. The van der Waals surface area contributed by atoms with Crippen LogP contribution < -0.4 is 5.32 Å². The molecule has 0 amide bonds. The van der Waals surface area contributed by atoms with Crippen molar-refractivity contribution in [3.63, 3.8) is 0 Å². The number of benzene rings is 1. The van der Waals surface area contributed by atoms with Gasteiger partial charge in [-0.25, -0.2) is 9.37 Å². The van der Waals surface area contributed by atoms with Crippen LogP contribution in [-0.2, 0) is 6.54 Å². The molecule has 1 N–H and O–H groups in total. The van der Waals surface area contributed by atoms with Gasteiger partial charge in [-0.05, 0) is 54.7 Å². The summed E-state index contributed by atoms with van der Waals surface area (Å²) in [6.45, 7) is 7.75. The number of nitrogens with zero attached hydrogens (tertiary/aromatic N) is 2. The summed E-state index contributed by atoms with van der Waals surface area (Å²) in [5, 5.41) is 3.35. The smallest absolute Gasteiger partial charge is 0.174 e. The van der Waals surface area contributed by atoms with E-state index in [0.29, 0.717) is 12.5 Å². The third-order valence-corrected chi connectivity index (χ3v) is 4.56. The van der Waals surface area contributed by atoms with E-state index in [1.807, 2.05) is 13.0 Å². The molecule has 6 heteroatoms. The van der Waals surface area contributed by atoms with Crippen LogP contribution in [0.25, 0.3) is 0 Å². The maximum absolute atomic E-state index is 13.4. The third kappa shape index (κ3) is 4.54. The van der Waals surface area contributed by atoms with Crippen LogP contribution >= 0.6 is 23.3 Å². The van der Waals surface area contributed by atoms with Gasteiger partial charge in [0.1, 0.15) is 11.6 Å². The second-order valence-corrected chi connectivity index (χ2v) is 7.03. The highest BCUT2D eigenvalue weighted by molar-refractivity contribution is 8.01. The first kappa shape index (κ1) is 15.4. The maximum atomic E-state index is 13.4. The van der Waals surface area contributed by atoms with Crippen LogP contribution in [0.4, 0.5) is 4.39 Å². The molecule has 0 bridgehead atoms. The standard InChI is InChI=1S/C14H18FN3S2/c1-9(2)7-16-8-11-6-12(15)4-5-13(11)19-14-17-10(3)18-20-14/h4-6,9,16H,7-8H2,1-3H3. The molecular weight excluding hydrogens is 293 g/mol. The van der Waals surface area contributed by atoms with Crippen LogP contribution in [0, 0.1) is 18.7 Å². The zero-order valence-electron chi connectivity index (χ0n) is 11.8. The third-order valence-electron chi connectivity index (χ3n) is 2.60. The van der Waals surface area contributed by atoms with Gasteiger partial charge in [0.05, 0.1) is 0 Å². The van der Waals surface area contributed by atoms with Crippen molar-refractivity contribution in [2.24, 2.45) is 5.92 Å². The Kier molecular flexibility index (Phi) is 5.51. The lowest BCUT2D eigenvalue weighted by Crippen LogP contribution is -2.19. The Balaban J connectivity index is 2.10. The zero-order chi connectivity index (χ0) is 14.5. The molecule has 0 saturated heterocycles. The van der Waals surface area contributed by atoms with Gasteiger partial charge < -0.3 is 5.32 Å². The molecule has 0 atom stereocenters. The molecule has 0 spiro atoms. The van der Waals surface area contributed by atoms with Crippen molar-refractivity contribution in [1.29, 1.82) is 0 Å². The fourth-order valence-corrected chi connectivity index (χ4v) is 3.41.